The number of methoxy groups -OCH3 is 1. The minimum Gasteiger partial charge on any atom is -0.616 e. The van der Waals surface area contributed by atoms with Crippen molar-refractivity contribution < 1.29 is 9.84 Å². The highest BCUT2D eigenvalue weighted by molar-refractivity contribution is 9.12. The number of amidine groups is 1. The van der Waals surface area contributed by atoms with E-state index in [0.717, 1.165) is 0 Å². The molecule has 0 aromatic carbocycles. The van der Waals surface area contributed by atoms with Crippen LogP contribution < -0.4 is 5.11 Å². The largest absolute Gasteiger partial charge is 0.616 e. The lowest BCUT2D eigenvalue weighted by molar-refractivity contribution is -0.353. The van der Waals surface area contributed by atoms with E-state index in [2.05, 4.69) is 25.7 Å². The minimum absolute atomic E-state index is 0.0997. The molecule has 0 unspecified atom stereocenters. The van der Waals surface area contributed by atoms with Crippen LogP contribution in [-0.4, -0.2) is 19.2 Å². The summed E-state index contributed by atoms with van der Waals surface area (Å²) < 4.78 is 4.95. The van der Waals surface area contributed by atoms with Gasteiger partial charge >= 0.3 is 0 Å². The number of ether oxygens (including phenoxy) is 1. The van der Waals surface area contributed by atoms with Crippen LogP contribution in [0.2, 0.25) is 0 Å². The van der Waals surface area contributed by atoms with Crippen LogP contribution in [0.3, 0.4) is 0 Å². The standard InChI is InChI=1S/C7H7BrN2O2/c1-12-7(11)4-2-5(8)6(9)10-3-4/h2-3,9,11H,1H3/p-1/b7-4+,9-6?. The van der Waals surface area contributed by atoms with Crippen LogP contribution in [0.15, 0.2) is 27.1 Å². The third-order valence-corrected chi connectivity index (χ3v) is 1.87. The third kappa shape index (κ3) is 1.73. The minimum atomic E-state index is -0.455. The van der Waals surface area contributed by atoms with Crippen molar-refractivity contribution in [1.29, 1.82) is 5.41 Å². The van der Waals surface area contributed by atoms with Gasteiger partial charge in [-0.1, -0.05) is 0 Å². The summed E-state index contributed by atoms with van der Waals surface area (Å²) >= 11 is 3.09. The van der Waals surface area contributed by atoms with Gasteiger partial charge in [-0.2, -0.15) is 0 Å². The van der Waals surface area contributed by atoms with Crippen molar-refractivity contribution >= 4 is 28.0 Å². The maximum atomic E-state index is 10.9. The van der Waals surface area contributed by atoms with Gasteiger partial charge in [-0.25, -0.2) is 4.99 Å². The Bertz CT molecular complexity index is 305. The molecule has 0 bridgehead atoms. The number of hydrogen-bond acceptors (Lipinski definition) is 3. The Hall–Kier alpha value is -1.10. The van der Waals surface area contributed by atoms with E-state index in [4.69, 9.17) is 5.41 Å². The van der Waals surface area contributed by atoms with Gasteiger partial charge in [0.05, 0.1) is 10.4 Å². The molecular formula is C7H6BrN2O2-. The first-order valence-electron chi connectivity index (χ1n) is 3.10. The van der Waals surface area contributed by atoms with E-state index in [9.17, 15) is 5.11 Å². The van der Waals surface area contributed by atoms with Gasteiger partial charge in [0.15, 0.2) is 5.84 Å². The van der Waals surface area contributed by atoms with Gasteiger partial charge < -0.3 is 9.84 Å². The first-order chi connectivity index (χ1) is 5.65. The van der Waals surface area contributed by atoms with Crippen molar-refractivity contribution in [3.63, 3.8) is 0 Å². The predicted octanol–water partition coefficient (Wildman–Crippen LogP) is 0.545. The summed E-state index contributed by atoms with van der Waals surface area (Å²) in [5.41, 5.74) is 0.334. The number of nitrogens with one attached hydrogen (secondary N) is 1. The zero-order chi connectivity index (χ0) is 9.14. The fourth-order valence-electron chi connectivity index (χ4n) is 0.667. The molecule has 4 nitrogen and oxygen atoms in total. The monoisotopic (exact) mass is 229 g/mol. The number of aliphatic imine (C=N–C) groups is 1. The number of rotatable bonds is 1. The molecule has 0 aliphatic carbocycles. The van der Waals surface area contributed by atoms with E-state index < -0.39 is 5.95 Å². The van der Waals surface area contributed by atoms with Crippen LogP contribution in [-0.2, 0) is 4.74 Å². The Kier molecular flexibility index (Phi) is 2.65. The molecule has 0 aromatic heterocycles. The van der Waals surface area contributed by atoms with Crippen molar-refractivity contribution in [3.8, 4) is 0 Å². The second-order valence-electron chi connectivity index (χ2n) is 2.05. The van der Waals surface area contributed by atoms with E-state index >= 15 is 0 Å². The van der Waals surface area contributed by atoms with Crippen LogP contribution in [0.5, 0.6) is 0 Å². The molecule has 0 saturated carbocycles. The molecule has 0 amide bonds. The van der Waals surface area contributed by atoms with E-state index in [-0.39, 0.29) is 5.84 Å². The summed E-state index contributed by atoms with van der Waals surface area (Å²) in [6.45, 7) is 0. The topological polar surface area (TPSA) is 68.5 Å². The molecular weight excluding hydrogens is 224 g/mol. The molecule has 12 heavy (non-hydrogen) atoms. The van der Waals surface area contributed by atoms with E-state index in [0.29, 0.717) is 10.1 Å². The average Bonchev–Trinajstić information content (AvgIpc) is 2.08. The normalized spacial score (nSPS) is 20.5. The SMILES string of the molecule is CO/C([O-])=C1/C=NC(=N)C(Br)=C1. The van der Waals surface area contributed by atoms with Gasteiger partial charge in [0.2, 0.25) is 0 Å². The van der Waals surface area contributed by atoms with E-state index in [1.165, 1.54) is 19.4 Å². The van der Waals surface area contributed by atoms with E-state index in [1.54, 1.807) is 0 Å². The Balaban J connectivity index is 3.01. The third-order valence-electron chi connectivity index (χ3n) is 1.26. The summed E-state index contributed by atoms with van der Waals surface area (Å²) in [7, 11) is 1.30. The van der Waals surface area contributed by atoms with Crippen LogP contribution in [0, 0.1) is 5.41 Å². The van der Waals surface area contributed by atoms with Gasteiger partial charge in [0.25, 0.3) is 0 Å². The first kappa shape index (κ1) is 8.99. The number of halogens is 1. The average molecular weight is 230 g/mol. The fraction of sp³-hybridized carbons (Fsp3) is 0.143. The second kappa shape index (κ2) is 3.53. The Labute approximate surface area is 77.9 Å². The molecule has 1 heterocycles. The summed E-state index contributed by atoms with van der Waals surface area (Å²) in [6, 6.07) is 0. The van der Waals surface area contributed by atoms with Crippen LogP contribution >= 0.6 is 15.9 Å². The maximum absolute atomic E-state index is 10.9. The molecule has 0 saturated heterocycles. The maximum Gasteiger partial charge on any atom is 0.158 e. The fourth-order valence-corrected chi connectivity index (χ4v) is 1.02. The van der Waals surface area contributed by atoms with Crippen molar-refractivity contribution in [3.05, 3.63) is 22.1 Å². The van der Waals surface area contributed by atoms with Gasteiger partial charge in [-0.05, 0) is 29.1 Å². The van der Waals surface area contributed by atoms with Crippen LogP contribution in [0.4, 0.5) is 0 Å². The lowest BCUT2D eigenvalue weighted by atomic mass is 10.2. The van der Waals surface area contributed by atoms with Crippen molar-refractivity contribution in [2.45, 2.75) is 0 Å². The smallest absolute Gasteiger partial charge is 0.158 e. The number of dihydropyridines is 1. The summed E-state index contributed by atoms with van der Waals surface area (Å²) in [4.78, 5) is 3.67. The molecule has 0 radical (unpaired) electrons. The highest BCUT2D eigenvalue weighted by Gasteiger charge is 2.06. The molecule has 1 aliphatic rings. The number of hydrogen-bond donors (Lipinski definition) is 1. The molecule has 64 valence electrons. The van der Waals surface area contributed by atoms with Crippen molar-refractivity contribution in [2.24, 2.45) is 4.99 Å². The molecule has 0 aromatic rings. The highest BCUT2D eigenvalue weighted by atomic mass is 79.9. The van der Waals surface area contributed by atoms with Crippen LogP contribution in [0.25, 0.3) is 0 Å². The zero-order valence-corrected chi connectivity index (χ0v) is 7.88. The van der Waals surface area contributed by atoms with Crippen LogP contribution in [0.1, 0.15) is 0 Å². The lowest BCUT2D eigenvalue weighted by Crippen LogP contribution is -2.12. The molecule has 0 fully saturated rings. The number of nitrogens with zero attached hydrogens (tertiary/aromatic N) is 1. The molecule has 1 aliphatic heterocycles. The molecule has 5 heteroatoms. The Morgan fingerprint density at radius 3 is 2.92 bits per heavy atom. The zero-order valence-electron chi connectivity index (χ0n) is 6.30. The van der Waals surface area contributed by atoms with E-state index in [1.807, 2.05) is 0 Å². The molecule has 1 rings (SSSR count). The van der Waals surface area contributed by atoms with Gasteiger partial charge in [0.1, 0.15) is 0 Å². The van der Waals surface area contributed by atoms with Gasteiger partial charge in [-0.3, -0.25) is 5.41 Å². The summed E-state index contributed by atoms with van der Waals surface area (Å²) in [6.07, 6.45) is 2.81. The lowest BCUT2D eigenvalue weighted by Gasteiger charge is -2.13. The summed E-state index contributed by atoms with van der Waals surface area (Å²) in [5, 5.41) is 18.1. The Morgan fingerprint density at radius 1 is 1.75 bits per heavy atom. The molecule has 1 N–H and O–H groups in total. The second-order valence-corrected chi connectivity index (χ2v) is 2.90. The van der Waals surface area contributed by atoms with Gasteiger partial charge in [0, 0.05) is 11.8 Å². The highest BCUT2D eigenvalue weighted by Crippen LogP contribution is 2.16. The first-order valence-corrected chi connectivity index (χ1v) is 3.90. The predicted molar refractivity (Wildman–Crippen MR) is 47.3 cm³/mol. The van der Waals surface area contributed by atoms with Crippen molar-refractivity contribution in [2.75, 3.05) is 7.11 Å². The van der Waals surface area contributed by atoms with Crippen molar-refractivity contribution in [1.82, 2.24) is 0 Å². The summed E-state index contributed by atoms with van der Waals surface area (Å²) in [5.74, 6) is -0.356. The molecule has 0 spiro atoms. The Morgan fingerprint density at radius 2 is 2.42 bits per heavy atom. The molecule has 0 atom stereocenters. The number of allylic oxidation sites excluding steroid dienone is 2. The van der Waals surface area contributed by atoms with Gasteiger partial charge in [-0.15, -0.1) is 0 Å². The quantitative estimate of drug-likeness (QED) is 0.668.